The van der Waals surface area contributed by atoms with Crippen molar-refractivity contribution in [1.29, 1.82) is 0 Å². The van der Waals surface area contributed by atoms with E-state index in [1.54, 1.807) is 36.6 Å². The minimum Gasteiger partial charge on any atom is -0.790 e. The van der Waals surface area contributed by atoms with Crippen LogP contribution in [0.4, 0.5) is 0 Å². The van der Waals surface area contributed by atoms with Gasteiger partial charge < -0.3 is 112 Å². The van der Waals surface area contributed by atoms with E-state index >= 15 is 0 Å². The van der Waals surface area contributed by atoms with Crippen molar-refractivity contribution in [2.45, 2.75) is 120 Å². The highest BCUT2D eigenvalue weighted by atomic mass is 32.2. The lowest BCUT2D eigenvalue weighted by atomic mass is 10.0. The van der Waals surface area contributed by atoms with E-state index < -0.39 is 161 Å². The number of phenolic OH excluding ortho intramolecular Hbond substituents is 1. The Bertz CT molecular complexity index is 2900. The monoisotopic (exact) mass is 1250 g/mol. The van der Waals surface area contributed by atoms with Gasteiger partial charge in [-0.2, -0.15) is 11.8 Å². The number of phenols is 1. The van der Waals surface area contributed by atoms with Crippen molar-refractivity contribution in [3.8, 4) is 11.5 Å². The highest BCUT2D eigenvalue weighted by molar-refractivity contribution is 7.98. The summed E-state index contributed by atoms with van der Waals surface area (Å²) in [6, 6.07) is 5.39. The summed E-state index contributed by atoms with van der Waals surface area (Å²) in [5, 5.41) is 40.5. The number of aliphatic carboxylic acids is 1. The number of rotatable bonds is 37. The molecule has 0 fully saturated rings. The normalized spacial score (nSPS) is 14.5. The van der Waals surface area contributed by atoms with Gasteiger partial charge in [-0.3, -0.25) is 43.2 Å². The van der Waals surface area contributed by atoms with Crippen molar-refractivity contribution in [1.82, 2.24) is 42.5 Å². The number of nitrogens with one attached hydrogen (secondary N) is 8. The molecule has 85 heavy (non-hydrogen) atoms. The highest BCUT2D eigenvalue weighted by Gasteiger charge is 2.37. The van der Waals surface area contributed by atoms with Crippen LogP contribution in [0.5, 0.6) is 11.5 Å². The number of aldehydes is 1. The van der Waals surface area contributed by atoms with E-state index in [0.717, 1.165) is 19.1 Å². The first-order chi connectivity index (χ1) is 39.9. The van der Waals surface area contributed by atoms with Gasteiger partial charge in [0.15, 0.2) is 6.04 Å². The summed E-state index contributed by atoms with van der Waals surface area (Å²) in [7, 11) is -11.5. The maximum atomic E-state index is 14.5. The summed E-state index contributed by atoms with van der Waals surface area (Å²) in [4.78, 5) is 192. The van der Waals surface area contributed by atoms with Crippen LogP contribution >= 0.6 is 27.4 Å². The van der Waals surface area contributed by atoms with Gasteiger partial charge in [0.2, 0.25) is 47.3 Å². The molecule has 3 aromatic rings. The second kappa shape index (κ2) is 34.8. The molecule has 9 amide bonds. The molecule has 0 aromatic heterocycles. The third-order valence-electron chi connectivity index (χ3n) is 12.1. The van der Waals surface area contributed by atoms with Crippen LogP contribution in [0.25, 0.3) is 0 Å². The number of carboxylic acids is 1. The van der Waals surface area contributed by atoms with E-state index in [4.69, 9.17) is 5.73 Å². The molecule has 0 aliphatic carbocycles. The van der Waals surface area contributed by atoms with E-state index in [1.807, 2.05) is 0 Å². The van der Waals surface area contributed by atoms with Crippen LogP contribution in [-0.2, 0) is 85.7 Å². The number of carboxylic acid groups (broad SMARTS) is 1. The van der Waals surface area contributed by atoms with Crippen LogP contribution in [-0.4, -0.2) is 144 Å². The third-order valence-corrected chi connectivity index (χ3v) is 13.8. The largest absolute Gasteiger partial charge is 0.790 e. The summed E-state index contributed by atoms with van der Waals surface area (Å²) in [5.41, 5.74) is 10.1. The maximum absolute atomic E-state index is 14.5. The number of carbonyl (C=O) groups excluding carboxylic acids is 11. The Hall–Kier alpha value is -7.80. The number of amides is 9. The Labute approximate surface area is 491 Å². The first kappa shape index (κ1) is 71.5. The predicted octanol–water partition coefficient (Wildman–Crippen LogP) is -7.25. The van der Waals surface area contributed by atoms with Crippen molar-refractivity contribution in [3.05, 3.63) is 95.6 Å². The second-order valence-corrected chi connectivity index (χ2v) is 22.3. The Morgan fingerprint density at radius 1 is 0.612 bits per heavy atom. The van der Waals surface area contributed by atoms with E-state index in [2.05, 4.69) is 57.3 Å². The number of hydrogen-bond acceptors (Lipinski definition) is 22. The minimum atomic E-state index is -6.03. The van der Waals surface area contributed by atoms with Gasteiger partial charge in [0.25, 0.3) is 5.91 Å². The van der Waals surface area contributed by atoms with Crippen molar-refractivity contribution < 1.29 is 106 Å². The number of primary amides is 1. The van der Waals surface area contributed by atoms with E-state index in [9.17, 15) is 91.7 Å². The molecule has 0 heterocycles. The van der Waals surface area contributed by atoms with Crippen molar-refractivity contribution in [3.63, 3.8) is 0 Å². The number of phosphoric ester groups is 2. The lowest BCUT2D eigenvalue weighted by Gasteiger charge is -2.36. The summed E-state index contributed by atoms with van der Waals surface area (Å²) < 4.78 is 32.0. The third kappa shape index (κ3) is 27.6. The zero-order chi connectivity index (χ0) is 63.6. The number of phosphoric acid groups is 2. The smallest absolute Gasteiger partial charge is 0.278 e. The number of nitrogens with two attached hydrogens (primary N) is 1. The maximum Gasteiger partial charge on any atom is 0.278 e. The molecule has 0 radical (unpaired) electrons. The Kier molecular flexibility index (Phi) is 29.3. The topological polar surface area (TPSA) is 526 Å². The van der Waals surface area contributed by atoms with Crippen molar-refractivity contribution in [2.75, 3.05) is 18.6 Å². The zero-order valence-corrected chi connectivity index (χ0v) is 48.7. The Morgan fingerprint density at radius 2 is 1.08 bits per heavy atom. The Balaban J connectivity index is 2.02. The van der Waals surface area contributed by atoms with Gasteiger partial charge in [0.1, 0.15) is 61.9 Å². The lowest BCUT2D eigenvalue weighted by molar-refractivity contribution is -0.405. The first-order valence-corrected chi connectivity index (χ1v) is 30.2. The Morgan fingerprint density at radius 3 is 1.59 bits per heavy atom. The molecule has 14 N–H and O–H groups in total. The first-order valence-electron chi connectivity index (χ1n) is 25.8. The number of thioether (sulfide) groups is 1. The average Bonchev–Trinajstić information content (AvgIpc) is 3.60. The van der Waals surface area contributed by atoms with Crippen LogP contribution < -0.4 is 83.2 Å². The molecule has 0 saturated carbocycles. The lowest BCUT2D eigenvalue weighted by Crippen LogP contribution is -2.69. The number of benzene rings is 3. The van der Waals surface area contributed by atoms with E-state index in [1.165, 1.54) is 55.1 Å². The molecule has 31 nitrogen and oxygen atoms in total. The molecule has 0 saturated heterocycles. The van der Waals surface area contributed by atoms with Gasteiger partial charge in [-0.05, 0) is 86.1 Å². The summed E-state index contributed by atoms with van der Waals surface area (Å²) in [6.45, 7) is 1.40. The number of aromatic hydroxyl groups is 1. The molecule has 0 unspecified atom stereocenters. The highest BCUT2D eigenvalue weighted by Crippen LogP contribution is 2.30. The van der Waals surface area contributed by atoms with E-state index in [0.29, 0.717) is 17.4 Å². The molecule has 0 bridgehead atoms. The molecule has 3 rings (SSSR count). The standard InChI is InChI=1S/C51H70N10O21P2S/c1-28(27-62)55-42(65)26-54-46(69)38(24-32-11-15-34(16-12-32)82-84(78,79)80)59-47(70)36(18-20-43(66)67)57-51(74)44(29(2)81-83(75,76)77)61-48(71)37(21-22-85-3)56-49(72)40(23-30-7-5-4-6-8-30)60-50(73)39(25-31-9-13-33(63)14-10-31)58-45(68)35(52)17-19-41(53)64/h4-16,27-29,35-40,44,63H,17-26,52H2,1-3H3,(H2,53,64)(H,54,69)(H,55,65)(H,56,72)(H,57,74)(H,58,68)(H,59,70)(H,60,73)(H,61,71)(H,66,67)(H2,75,76,77)(H2,78,79,80)/p-4/t28-,29+,35-,36-,37-,38-,39-,40-,44-/m0/s1. The summed E-state index contributed by atoms with van der Waals surface area (Å²) >= 11 is 1.18. The fraction of sp³-hybridized carbons (Fsp3) is 0.431. The fourth-order valence-corrected chi connectivity index (χ4v) is 9.17. The van der Waals surface area contributed by atoms with Gasteiger partial charge in [0.05, 0.1) is 26.5 Å². The van der Waals surface area contributed by atoms with Crippen molar-refractivity contribution >= 4 is 92.8 Å². The SMILES string of the molecule is CSCC[C@H](NC(=O)[C@H](Cc1ccccc1)NC(=O)[C@H](Cc1ccc(O)cc1)NC(=O)[C@@H]([NH3+])CCC(N)=O)C(=O)N[C@H](C(=O)N[C@@H](CCC(=O)[O-])C(=O)N[C@@H](Cc1ccc(OP(=O)([O-])[O-])cc1)C(=O)NCC(=O)N[C@@H](C)C=O)[C@@H](C)OP(=O)([O-])[O-]. The predicted molar refractivity (Wildman–Crippen MR) is 289 cm³/mol. The number of quaternary nitrogens is 1. The molecule has 0 aliphatic heterocycles. The molecule has 0 aliphatic rings. The van der Waals surface area contributed by atoms with Gasteiger partial charge in [-0.15, -0.1) is 0 Å². The number of carbonyl (C=O) groups is 11. The van der Waals surface area contributed by atoms with Crippen LogP contribution in [0.15, 0.2) is 78.9 Å². The van der Waals surface area contributed by atoms with Gasteiger partial charge in [-0.25, -0.2) is 0 Å². The number of hydrogen-bond donors (Lipinski definition) is 11. The van der Waals surface area contributed by atoms with Gasteiger partial charge in [0, 0.05) is 38.1 Å². The summed E-state index contributed by atoms with van der Waals surface area (Å²) in [6.07, 6.45) is -3.40. The zero-order valence-electron chi connectivity index (χ0n) is 46.0. The van der Waals surface area contributed by atoms with Crippen LogP contribution in [0.1, 0.15) is 62.6 Å². The molecule has 466 valence electrons. The second-order valence-electron chi connectivity index (χ2n) is 19.1. The van der Waals surface area contributed by atoms with E-state index in [-0.39, 0.29) is 49.2 Å². The average molecular weight is 1250 g/mol. The molecular formula is C51H66N10O21P2S-4. The van der Waals surface area contributed by atoms with Crippen molar-refractivity contribution in [2.24, 2.45) is 5.73 Å². The molecule has 3 aromatic carbocycles. The molecule has 9 atom stereocenters. The molecule has 34 heteroatoms. The summed E-state index contributed by atoms with van der Waals surface area (Å²) in [5.74, 6) is -11.7. The quantitative estimate of drug-likeness (QED) is 0.0189. The van der Waals surface area contributed by atoms with Crippen LogP contribution in [0.2, 0.25) is 0 Å². The van der Waals surface area contributed by atoms with Crippen LogP contribution in [0, 0.1) is 0 Å². The molecular weight excluding hydrogens is 1180 g/mol. The fourth-order valence-electron chi connectivity index (χ4n) is 7.79. The molecule has 0 spiro atoms. The van der Waals surface area contributed by atoms with Crippen LogP contribution in [0.3, 0.4) is 0 Å². The minimum absolute atomic E-state index is 0.0812. The van der Waals surface area contributed by atoms with Gasteiger partial charge >= 0.3 is 0 Å². The van der Waals surface area contributed by atoms with Gasteiger partial charge in [-0.1, -0.05) is 54.6 Å².